The molecule has 2 saturated heterocycles. The van der Waals surface area contributed by atoms with E-state index in [9.17, 15) is 9.90 Å². The minimum Gasteiger partial charge on any atom is -0.489 e. The average Bonchev–Trinajstić information content (AvgIpc) is 2.98. The molecule has 1 aliphatic carbocycles. The van der Waals surface area contributed by atoms with Crippen LogP contribution in [0.1, 0.15) is 56.5 Å². The highest BCUT2D eigenvalue weighted by atomic mass is 35.5. The Hall–Kier alpha value is -2.97. The fourth-order valence-corrected chi connectivity index (χ4v) is 7.22. The van der Waals surface area contributed by atoms with E-state index in [1.54, 1.807) is 30.6 Å². The smallest absolute Gasteiger partial charge is 0.254 e. The first-order valence-electron chi connectivity index (χ1n) is 14.9. The predicted molar refractivity (Wildman–Crippen MR) is 162 cm³/mol. The summed E-state index contributed by atoms with van der Waals surface area (Å²) in [6, 6.07) is 7.00. The van der Waals surface area contributed by atoms with Crippen molar-refractivity contribution in [2.75, 3.05) is 57.3 Å². The first-order chi connectivity index (χ1) is 20.0. The summed E-state index contributed by atoms with van der Waals surface area (Å²) in [4.78, 5) is 29.4. The Labute approximate surface area is 253 Å². The van der Waals surface area contributed by atoms with Crippen LogP contribution in [0.25, 0.3) is 0 Å². The molecule has 3 aliphatic rings. The van der Waals surface area contributed by atoms with Crippen LogP contribution in [-0.2, 0) is 0 Å². The van der Waals surface area contributed by atoms with E-state index >= 15 is 0 Å². The number of aliphatic hydroxyl groups is 1. The van der Waals surface area contributed by atoms with Crippen molar-refractivity contribution in [1.82, 2.24) is 25.1 Å². The molecule has 0 bridgehead atoms. The van der Waals surface area contributed by atoms with Crippen molar-refractivity contribution in [3.8, 4) is 11.8 Å². The van der Waals surface area contributed by atoms with Crippen molar-refractivity contribution >= 4 is 23.5 Å². The van der Waals surface area contributed by atoms with Crippen LogP contribution in [0.2, 0.25) is 5.02 Å². The maximum atomic E-state index is 13.2. The number of likely N-dealkylation sites (tertiary alicyclic amines) is 1. The van der Waals surface area contributed by atoms with Crippen LogP contribution in [-0.4, -0.2) is 101 Å². The third-order valence-electron chi connectivity index (χ3n) is 9.27. The number of nitriles is 1. The highest BCUT2D eigenvalue weighted by Gasteiger charge is 2.64. The lowest BCUT2D eigenvalue weighted by atomic mass is 9.49. The van der Waals surface area contributed by atoms with E-state index in [4.69, 9.17) is 21.6 Å². The number of ether oxygens (including phenoxy) is 1. The van der Waals surface area contributed by atoms with E-state index in [-0.39, 0.29) is 35.0 Å². The molecule has 3 heterocycles. The molecule has 42 heavy (non-hydrogen) atoms. The molecule has 11 heteroatoms. The van der Waals surface area contributed by atoms with Gasteiger partial charge in [-0.2, -0.15) is 5.26 Å². The van der Waals surface area contributed by atoms with E-state index in [1.807, 2.05) is 0 Å². The number of nitrogens with one attached hydrogen (secondary N) is 1. The molecule has 1 aromatic heterocycles. The van der Waals surface area contributed by atoms with E-state index in [0.717, 1.165) is 65.2 Å². The molecule has 5 rings (SSSR count). The van der Waals surface area contributed by atoms with E-state index < -0.39 is 0 Å². The second-order valence-electron chi connectivity index (χ2n) is 13.0. The van der Waals surface area contributed by atoms with Crippen molar-refractivity contribution in [2.45, 2.75) is 58.8 Å². The van der Waals surface area contributed by atoms with Gasteiger partial charge in [-0.05, 0) is 25.0 Å². The highest BCUT2D eigenvalue weighted by molar-refractivity contribution is 6.31. The van der Waals surface area contributed by atoms with Gasteiger partial charge in [0.25, 0.3) is 5.91 Å². The van der Waals surface area contributed by atoms with Gasteiger partial charge in [-0.1, -0.05) is 39.3 Å². The van der Waals surface area contributed by atoms with Gasteiger partial charge in [-0.15, -0.1) is 0 Å². The zero-order valence-electron chi connectivity index (χ0n) is 25.0. The maximum Gasteiger partial charge on any atom is 0.254 e. The van der Waals surface area contributed by atoms with Gasteiger partial charge in [0.2, 0.25) is 5.95 Å². The Morgan fingerprint density at radius 3 is 2.21 bits per heavy atom. The lowest BCUT2D eigenvalue weighted by Crippen LogP contribution is -2.74. The van der Waals surface area contributed by atoms with Crippen LogP contribution >= 0.6 is 11.6 Å². The average molecular weight is 596 g/mol. The molecule has 2 aliphatic heterocycles. The molecule has 1 saturated carbocycles. The molecular weight excluding hydrogens is 554 g/mol. The number of piperazine rings is 1. The number of amides is 1. The number of halogens is 1. The number of hydrogen-bond donors (Lipinski definition) is 2. The van der Waals surface area contributed by atoms with Gasteiger partial charge in [0.05, 0.1) is 22.3 Å². The van der Waals surface area contributed by atoms with Gasteiger partial charge >= 0.3 is 0 Å². The van der Waals surface area contributed by atoms with Gasteiger partial charge in [0.15, 0.2) is 0 Å². The van der Waals surface area contributed by atoms with Crippen LogP contribution in [0.3, 0.4) is 0 Å². The molecule has 3 fully saturated rings. The van der Waals surface area contributed by atoms with Crippen LogP contribution in [0.15, 0.2) is 30.6 Å². The molecule has 2 N–H and O–H groups in total. The summed E-state index contributed by atoms with van der Waals surface area (Å²) in [6.07, 6.45) is 4.66. The van der Waals surface area contributed by atoms with Crippen LogP contribution in [0, 0.1) is 22.2 Å². The maximum absolute atomic E-state index is 13.2. The Balaban J connectivity index is 1.12. The minimum atomic E-state index is -0.352. The van der Waals surface area contributed by atoms with Gasteiger partial charge in [0, 0.05) is 87.7 Å². The number of rotatable bonds is 8. The lowest BCUT2D eigenvalue weighted by Gasteiger charge is -2.63. The topological polar surface area (TPSA) is 118 Å². The van der Waals surface area contributed by atoms with Gasteiger partial charge in [-0.25, -0.2) is 9.97 Å². The first-order valence-corrected chi connectivity index (χ1v) is 15.2. The van der Waals surface area contributed by atoms with Crippen molar-refractivity contribution < 1.29 is 14.6 Å². The Bertz CT molecular complexity index is 1280. The van der Waals surface area contributed by atoms with Crippen LogP contribution < -0.4 is 15.0 Å². The third-order valence-corrected chi connectivity index (χ3v) is 9.59. The number of anilines is 1. The van der Waals surface area contributed by atoms with Crippen molar-refractivity contribution in [3.05, 3.63) is 46.7 Å². The number of aromatic nitrogens is 2. The van der Waals surface area contributed by atoms with Gasteiger partial charge < -0.3 is 25.0 Å². The lowest BCUT2D eigenvalue weighted by molar-refractivity contribution is -0.164. The quantitative estimate of drug-likeness (QED) is 0.474. The molecule has 2 aromatic rings. The zero-order chi connectivity index (χ0) is 30.1. The van der Waals surface area contributed by atoms with Gasteiger partial charge in [0.1, 0.15) is 17.9 Å². The fourth-order valence-electron chi connectivity index (χ4n) is 7.01. The second kappa shape index (κ2) is 12.3. The fraction of sp³-hybridized carbons (Fsp3) is 0.613. The van der Waals surface area contributed by atoms with Crippen molar-refractivity contribution in [2.24, 2.45) is 10.8 Å². The molecule has 226 valence electrons. The summed E-state index contributed by atoms with van der Waals surface area (Å²) in [6.45, 7) is 15.9. The zero-order valence-corrected chi connectivity index (χ0v) is 25.8. The molecular formula is C31H42ClN7O3. The van der Waals surface area contributed by atoms with Gasteiger partial charge in [-0.3, -0.25) is 9.69 Å². The van der Waals surface area contributed by atoms with E-state index in [0.29, 0.717) is 27.8 Å². The number of carbonyl (C=O) groups is 1. The normalized spacial score (nSPS) is 24.5. The molecule has 0 spiro atoms. The molecule has 0 atom stereocenters. The number of nitrogens with zero attached hydrogens (tertiary/aromatic N) is 6. The second-order valence-corrected chi connectivity index (χ2v) is 13.4. The summed E-state index contributed by atoms with van der Waals surface area (Å²) in [7, 11) is 0. The Kier molecular flexibility index (Phi) is 8.95. The molecule has 1 amide bonds. The number of carbonyl (C=O) groups excluding carboxylic acids is 1. The van der Waals surface area contributed by atoms with Crippen LogP contribution in [0.5, 0.6) is 5.75 Å². The first kappa shape index (κ1) is 30.5. The van der Waals surface area contributed by atoms with E-state index in [2.05, 4.69) is 63.7 Å². The Morgan fingerprint density at radius 2 is 1.64 bits per heavy atom. The molecule has 10 nitrogen and oxygen atoms in total. The summed E-state index contributed by atoms with van der Waals surface area (Å²) < 4.78 is 6.33. The number of benzene rings is 1. The highest BCUT2D eigenvalue weighted by Crippen LogP contribution is 2.55. The summed E-state index contributed by atoms with van der Waals surface area (Å²) in [5, 5.41) is 22.4. The number of piperidine rings is 1. The van der Waals surface area contributed by atoms with E-state index in [1.165, 1.54) is 0 Å². The van der Waals surface area contributed by atoms with Crippen molar-refractivity contribution in [3.63, 3.8) is 0 Å². The summed E-state index contributed by atoms with van der Waals surface area (Å²) in [5.74, 6) is 1.04. The Morgan fingerprint density at radius 1 is 1.05 bits per heavy atom. The largest absolute Gasteiger partial charge is 0.489 e. The minimum absolute atomic E-state index is 0.132. The molecule has 0 unspecified atom stereocenters. The number of hydrogen-bond acceptors (Lipinski definition) is 9. The third kappa shape index (κ3) is 6.35. The molecule has 0 radical (unpaired) electrons. The summed E-state index contributed by atoms with van der Waals surface area (Å²) in [5.41, 5.74) is 0.131. The van der Waals surface area contributed by atoms with Crippen LogP contribution in [0.4, 0.5) is 5.95 Å². The van der Waals surface area contributed by atoms with Crippen molar-refractivity contribution in [1.29, 1.82) is 5.26 Å². The number of aliphatic hydroxyl groups excluding tert-OH is 1. The summed E-state index contributed by atoms with van der Waals surface area (Å²) >= 11 is 6.21. The predicted octanol–water partition coefficient (Wildman–Crippen LogP) is 3.19. The SMILES string of the molecule is CC1(C)C(NC(=O)c2cnc(N3CCN(CCN4CCC(O)CC4)CC3)nc2)C(C)(C)C1Oc1ccc(C#N)c(Cl)c1. The monoisotopic (exact) mass is 595 g/mol. The standard InChI is InChI=1S/C31H42ClN7O3/c1-30(2)27(31(3,4)28(30)42-24-6-5-21(18-33)25(32)17-24)36-26(41)22-19-34-29(35-20-22)39-15-13-38(14-16-39)12-11-37-9-7-23(40)8-10-37/h5-6,17,19-20,23,27-28,40H,7-16H2,1-4H3,(H,36,41). The molecule has 1 aromatic carbocycles.